The molecule has 26 heavy (non-hydrogen) atoms. The Kier molecular flexibility index (Phi) is 4.72. The van der Waals surface area contributed by atoms with Crippen LogP contribution in [-0.2, 0) is 14.3 Å². The summed E-state index contributed by atoms with van der Waals surface area (Å²) in [7, 11) is 0. The summed E-state index contributed by atoms with van der Waals surface area (Å²) in [6.07, 6.45) is 1.51. The summed E-state index contributed by atoms with van der Waals surface area (Å²) in [4.78, 5) is 27.3. The molecule has 2 N–H and O–H groups in total. The van der Waals surface area contributed by atoms with Crippen LogP contribution < -0.4 is 5.32 Å². The maximum absolute atomic E-state index is 12.9. The van der Waals surface area contributed by atoms with E-state index in [1.54, 1.807) is 4.90 Å². The molecule has 144 valence electrons. The second-order valence-corrected chi connectivity index (χ2v) is 8.28. The minimum Gasteiger partial charge on any atom is -0.458 e. The van der Waals surface area contributed by atoms with Crippen molar-refractivity contribution in [3.63, 3.8) is 0 Å². The third-order valence-electron chi connectivity index (χ3n) is 5.12. The summed E-state index contributed by atoms with van der Waals surface area (Å²) in [5.74, 6) is -0.346. The van der Waals surface area contributed by atoms with Crippen molar-refractivity contribution in [2.75, 3.05) is 25.1 Å². The summed E-state index contributed by atoms with van der Waals surface area (Å²) < 4.78 is 11.1. The maximum atomic E-state index is 12.9. The van der Waals surface area contributed by atoms with Crippen LogP contribution in [0.3, 0.4) is 0 Å². The lowest BCUT2D eigenvalue weighted by Crippen LogP contribution is -2.71. The minimum absolute atomic E-state index is 0.252. The number of anilines is 1. The van der Waals surface area contributed by atoms with Gasteiger partial charge < -0.3 is 19.7 Å². The second kappa shape index (κ2) is 6.57. The van der Waals surface area contributed by atoms with E-state index in [0.29, 0.717) is 31.1 Å². The van der Waals surface area contributed by atoms with E-state index in [0.717, 1.165) is 18.5 Å². The Morgan fingerprint density at radius 3 is 2.50 bits per heavy atom. The van der Waals surface area contributed by atoms with E-state index in [2.05, 4.69) is 15.5 Å². The molecule has 3 rings (SSSR count). The predicted octanol–water partition coefficient (Wildman–Crippen LogP) is 2.38. The van der Waals surface area contributed by atoms with Crippen LogP contribution in [0.25, 0.3) is 0 Å². The van der Waals surface area contributed by atoms with Crippen LogP contribution in [0.2, 0.25) is 0 Å². The number of carbonyl (C=O) groups is 2. The number of nitrogens with one attached hydrogen (secondary N) is 2. The zero-order valence-electron chi connectivity index (χ0n) is 16.1. The van der Waals surface area contributed by atoms with Crippen LogP contribution in [0.1, 0.15) is 45.0 Å². The molecule has 1 unspecified atom stereocenters. The largest absolute Gasteiger partial charge is 0.458 e. The number of rotatable bonds is 2. The first-order valence-corrected chi connectivity index (χ1v) is 9.03. The first-order valence-electron chi connectivity index (χ1n) is 9.03. The highest BCUT2D eigenvalue weighted by Crippen LogP contribution is 2.47. The molecular weight excluding hydrogens is 336 g/mol. The summed E-state index contributed by atoms with van der Waals surface area (Å²) in [5.41, 5.74) is 1.31. The number of aromatic amines is 1. The van der Waals surface area contributed by atoms with Crippen molar-refractivity contribution in [2.24, 2.45) is 5.41 Å². The van der Waals surface area contributed by atoms with Gasteiger partial charge in [-0.15, -0.1) is 0 Å². The zero-order valence-corrected chi connectivity index (χ0v) is 16.1. The number of likely N-dealkylation sites (tertiary alicyclic amines) is 1. The van der Waals surface area contributed by atoms with Gasteiger partial charge in [0.1, 0.15) is 11.6 Å². The van der Waals surface area contributed by atoms with Gasteiger partial charge in [-0.2, -0.15) is 5.10 Å². The molecule has 2 fully saturated rings. The van der Waals surface area contributed by atoms with Crippen LogP contribution in [0.5, 0.6) is 0 Å². The van der Waals surface area contributed by atoms with Crippen molar-refractivity contribution in [1.29, 1.82) is 0 Å². The Labute approximate surface area is 153 Å². The Morgan fingerprint density at radius 1 is 1.31 bits per heavy atom. The number of aryl methyl sites for hydroxylation is 2. The standard InChI is InChI=1S/C18H28N4O4/c1-11-13(12(2)21-20-11)19-16(24)22-10-18(6-8-25-9-7-18)14(22)15(23)26-17(3,4)5/h14H,6-10H2,1-5H3,(H,19,24)(H,20,21). The normalized spacial score (nSPS) is 22.0. The number of aromatic nitrogens is 2. The molecule has 0 radical (unpaired) electrons. The lowest BCUT2D eigenvalue weighted by atomic mass is 9.66. The van der Waals surface area contributed by atoms with Crippen LogP contribution in [0.4, 0.5) is 10.5 Å². The van der Waals surface area contributed by atoms with Gasteiger partial charge in [0.2, 0.25) is 0 Å². The van der Waals surface area contributed by atoms with Gasteiger partial charge in [-0.1, -0.05) is 0 Å². The van der Waals surface area contributed by atoms with Crippen LogP contribution in [0.15, 0.2) is 0 Å². The van der Waals surface area contributed by atoms with Crippen molar-refractivity contribution in [1.82, 2.24) is 15.1 Å². The fraction of sp³-hybridized carbons (Fsp3) is 0.722. The van der Waals surface area contributed by atoms with Gasteiger partial charge in [0.15, 0.2) is 0 Å². The zero-order chi connectivity index (χ0) is 19.1. The number of hydrogen-bond acceptors (Lipinski definition) is 5. The molecule has 1 atom stereocenters. The smallest absolute Gasteiger partial charge is 0.330 e. The van der Waals surface area contributed by atoms with Gasteiger partial charge in [0, 0.05) is 25.2 Å². The van der Waals surface area contributed by atoms with Crippen molar-refractivity contribution in [3.05, 3.63) is 11.4 Å². The number of urea groups is 1. The molecule has 8 heteroatoms. The Bertz CT molecular complexity index is 681. The van der Waals surface area contributed by atoms with E-state index < -0.39 is 11.6 Å². The highest BCUT2D eigenvalue weighted by Gasteiger charge is 2.59. The molecule has 2 aliphatic heterocycles. The molecule has 2 saturated heterocycles. The van der Waals surface area contributed by atoms with Crippen molar-refractivity contribution in [3.8, 4) is 0 Å². The molecule has 0 saturated carbocycles. The summed E-state index contributed by atoms with van der Waals surface area (Å²) >= 11 is 0. The molecule has 0 aliphatic carbocycles. The van der Waals surface area contributed by atoms with Gasteiger partial charge in [-0.3, -0.25) is 5.10 Å². The topological polar surface area (TPSA) is 96.5 Å². The van der Waals surface area contributed by atoms with E-state index in [1.807, 2.05) is 34.6 Å². The fourth-order valence-corrected chi connectivity index (χ4v) is 3.78. The summed E-state index contributed by atoms with van der Waals surface area (Å²) in [6.45, 7) is 10.9. The van der Waals surface area contributed by atoms with E-state index >= 15 is 0 Å². The van der Waals surface area contributed by atoms with E-state index in [1.165, 1.54) is 0 Å². The third-order valence-corrected chi connectivity index (χ3v) is 5.12. The first kappa shape index (κ1) is 18.7. The molecule has 2 amide bonds. The monoisotopic (exact) mass is 364 g/mol. The van der Waals surface area contributed by atoms with Crippen LogP contribution in [-0.4, -0.2) is 58.5 Å². The van der Waals surface area contributed by atoms with Gasteiger partial charge >= 0.3 is 12.0 Å². The van der Waals surface area contributed by atoms with Gasteiger partial charge in [-0.25, -0.2) is 9.59 Å². The molecule has 1 spiro atoms. The summed E-state index contributed by atoms with van der Waals surface area (Å²) in [5, 5.41) is 9.82. The minimum atomic E-state index is -0.598. The average Bonchev–Trinajstić information content (AvgIpc) is 2.83. The highest BCUT2D eigenvalue weighted by molar-refractivity contribution is 5.95. The van der Waals surface area contributed by atoms with Crippen molar-refractivity contribution in [2.45, 2.75) is 59.1 Å². The van der Waals surface area contributed by atoms with E-state index in [4.69, 9.17) is 9.47 Å². The molecular formula is C18H28N4O4. The number of nitrogens with zero attached hydrogens (tertiary/aromatic N) is 2. The van der Waals surface area contributed by atoms with Crippen LogP contribution in [0, 0.1) is 19.3 Å². The third kappa shape index (κ3) is 3.42. The first-order chi connectivity index (χ1) is 12.1. The molecule has 3 heterocycles. The predicted molar refractivity (Wildman–Crippen MR) is 95.9 cm³/mol. The molecule has 0 aromatic carbocycles. The molecule has 8 nitrogen and oxygen atoms in total. The number of esters is 1. The second-order valence-electron chi connectivity index (χ2n) is 8.28. The van der Waals surface area contributed by atoms with Gasteiger partial charge in [0.05, 0.1) is 17.1 Å². The summed E-state index contributed by atoms with van der Waals surface area (Å²) in [6, 6.07) is -0.885. The molecule has 2 aliphatic rings. The SMILES string of the molecule is Cc1n[nH]c(C)c1NC(=O)N1CC2(CCOCC2)C1C(=O)OC(C)(C)C. The number of ether oxygens (including phenoxy) is 2. The van der Waals surface area contributed by atoms with Gasteiger partial charge in [0.25, 0.3) is 0 Å². The average molecular weight is 364 g/mol. The Hall–Kier alpha value is -2.09. The quantitative estimate of drug-likeness (QED) is 0.786. The number of amides is 2. The maximum Gasteiger partial charge on any atom is 0.330 e. The van der Waals surface area contributed by atoms with Crippen molar-refractivity contribution < 1.29 is 19.1 Å². The highest BCUT2D eigenvalue weighted by atomic mass is 16.6. The molecule has 1 aromatic rings. The van der Waals surface area contributed by atoms with E-state index in [9.17, 15) is 9.59 Å². The lowest BCUT2D eigenvalue weighted by molar-refractivity contribution is -0.184. The van der Waals surface area contributed by atoms with Crippen molar-refractivity contribution >= 4 is 17.7 Å². The fourth-order valence-electron chi connectivity index (χ4n) is 3.78. The van der Waals surface area contributed by atoms with E-state index in [-0.39, 0.29) is 17.4 Å². The number of hydrogen-bond donors (Lipinski definition) is 2. The lowest BCUT2D eigenvalue weighted by Gasteiger charge is -2.57. The number of carbonyl (C=O) groups excluding carboxylic acids is 2. The van der Waals surface area contributed by atoms with Gasteiger partial charge in [-0.05, 0) is 47.5 Å². The Morgan fingerprint density at radius 2 is 1.96 bits per heavy atom. The Balaban J connectivity index is 1.79. The number of H-pyrrole nitrogens is 1. The van der Waals surface area contributed by atoms with Crippen LogP contribution >= 0.6 is 0 Å². The molecule has 0 bridgehead atoms. The molecule has 1 aromatic heterocycles.